The molecule has 0 amide bonds. The van der Waals surface area contributed by atoms with Crippen molar-refractivity contribution in [1.82, 2.24) is 0 Å². The molecule has 0 unspecified atom stereocenters. The highest BCUT2D eigenvalue weighted by Crippen LogP contribution is 2.27. The van der Waals surface area contributed by atoms with Crippen LogP contribution in [0.5, 0.6) is 0 Å². The van der Waals surface area contributed by atoms with Crippen LogP contribution in [0, 0.1) is 10.1 Å². The van der Waals surface area contributed by atoms with Crippen molar-refractivity contribution in [3.05, 3.63) is 32.8 Å². The van der Waals surface area contributed by atoms with E-state index < -0.39 is 10.9 Å². The molecule has 0 atom stereocenters. The van der Waals surface area contributed by atoms with Gasteiger partial charge in [-0.1, -0.05) is 22.4 Å². The molecule has 1 rings (SSSR count). The molecule has 0 aliphatic carbocycles. The Morgan fingerprint density at radius 1 is 1.37 bits per heavy atom. The van der Waals surface area contributed by atoms with Gasteiger partial charge < -0.3 is 10.4 Å². The van der Waals surface area contributed by atoms with Gasteiger partial charge in [-0.15, -0.1) is 0 Å². The second-order valence-electron chi connectivity index (χ2n) is 4.05. The molecule has 0 radical (unpaired) electrons. The van der Waals surface area contributed by atoms with Crippen LogP contribution in [0.15, 0.2) is 22.7 Å². The van der Waals surface area contributed by atoms with E-state index in [0.29, 0.717) is 23.1 Å². The van der Waals surface area contributed by atoms with Crippen molar-refractivity contribution in [1.29, 1.82) is 0 Å². The molecule has 19 heavy (non-hydrogen) atoms. The summed E-state index contributed by atoms with van der Waals surface area (Å²) >= 11 is 3.19. The summed E-state index contributed by atoms with van der Waals surface area (Å²) in [5.41, 5.74) is 0.506. The Balaban J connectivity index is 2.41. The van der Waals surface area contributed by atoms with Gasteiger partial charge in [0.25, 0.3) is 5.69 Å². The van der Waals surface area contributed by atoms with E-state index in [1.165, 1.54) is 6.07 Å². The van der Waals surface area contributed by atoms with Crippen LogP contribution in [0.4, 0.5) is 11.4 Å². The average Bonchev–Trinajstić information content (AvgIpc) is 2.34. The normalized spacial score (nSPS) is 10.2. The van der Waals surface area contributed by atoms with Crippen molar-refractivity contribution in [2.45, 2.75) is 25.7 Å². The van der Waals surface area contributed by atoms with Gasteiger partial charge in [-0.05, 0) is 25.0 Å². The molecule has 0 saturated heterocycles. The molecular formula is C12H15BrN2O4. The molecule has 1 aromatic carbocycles. The third kappa shape index (κ3) is 5.69. The standard InChI is InChI=1S/C12H15BrN2O4/c13-9-5-6-10(11(8-9)15(18)19)14-7-3-1-2-4-12(16)17/h5-6,8,14H,1-4,7H2,(H,16,17). The fourth-order valence-corrected chi connectivity index (χ4v) is 1.96. The van der Waals surface area contributed by atoms with E-state index in [-0.39, 0.29) is 12.1 Å². The number of carboxylic acid groups (broad SMARTS) is 1. The summed E-state index contributed by atoms with van der Waals surface area (Å²) in [5, 5.41) is 22.3. The van der Waals surface area contributed by atoms with Crippen molar-refractivity contribution in [3.63, 3.8) is 0 Å². The summed E-state index contributed by atoms with van der Waals surface area (Å²) in [5.74, 6) is -0.795. The number of rotatable bonds is 8. The number of nitro groups is 1. The second kappa shape index (κ2) is 7.73. The highest BCUT2D eigenvalue weighted by atomic mass is 79.9. The van der Waals surface area contributed by atoms with E-state index in [4.69, 9.17) is 5.11 Å². The number of aliphatic carboxylic acids is 1. The van der Waals surface area contributed by atoms with E-state index in [1.54, 1.807) is 12.1 Å². The number of halogens is 1. The summed E-state index contributed by atoms with van der Waals surface area (Å²) in [4.78, 5) is 20.7. The third-order valence-corrected chi connectivity index (χ3v) is 3.03. The van der Waals surface area contributed by atoms with Crippen LogP contribution in [0.25, 0.3) is 0 Å². The van der Waals surface area contributed by atoms with Gasteiger partial charge in [-0.25, -0.2) is 0 Å². The van der Waals surface area contributed by atoms with E-state index in [2.05, 4.69) is 21.2 Å². The van der Waals surface area contributed by atoms with Crippen molar-refractivity contribution in [2.24, 2.45) is 0 Å². The lowest BCUT2D eigenvalue weighted by atomic mass is 10.2. The molecular weight excluding hydrogens is 316 g/mol. The first kappa shape index (κ1) is 15.4. The van der Waals surface area contributed by atoms with E-state index in [1.807, 2.05) is 0 Å². The fraction of sp³-hybridized carbons (Fsp3) is 0.417. The number of benzene rings is 1. The van der Waals surface area contributed by atoms with Gasteiger partial charge in [-0.2, -0.15) is 0 Å². The summed E-state index contributed by atoms with van der Waals surface area (Å²) in [6, 6.07) is 4.84. The van der Waals surface area contributed by atoms with Crippen molar-refractivity contribution in [3.8, 4) is 0 Å². The summed E-state index contributed by atoms with van der Waals surface area (Å²) in [6.45, 7) is 0.585. The van der Waals surface area contributed by atoms with Crippen LogP contribution >= 0.6 is 15.9 Å². The lowest BCUT2D eigenvalue weighted by molar-refractivity contribution is -0.384. The number of nitro benzene ring substituents is 1. The first-order valence-corrected chi connectivity index (χ1v) is 6.69. The molecule has 1 aromatic rings. The van der Waals surface area contributed by atoms with Crippen LogP contribution < -0.4 is 5.32 Å². The lowest BCUT2D eigenvalue weighted by Crippen LogP contribution is -2.04. The zero-order valence-corrected chi connectivity index (χ0v) is 11.9. The maximum atomic E-state index is 10.9. The SMILES string of the molecule is O=C(O)CCCCCNc1ccc(Br)cc1[N+](=O)[O-]. The number of nitrogens with zero attached hydrogens (tertiary/aromatic N) is 1. The maximum Gasteiger partial charge on any atom is 0.303 e. The monoisotopic (exact) mass is 330 g/mol. The number of hydrogen-bond donors (Lipinski definition) is 2. The van der Waals surface area contributed by atoms with E-state index in [0.717, 1.165) is 12.8 Å². The molecule has 104 valence electrons. The molecule has 6 nitrogen and oxygen atoms in total. The van der Waals surface area contributed by atoms with Crippen LogP contribution in [-0.4, -0.2) is 22.5 Å². The summed E-state index contributed by atoms with van der Waals surface area (Å²) in [7, 11) is 0. The second-order valence-corrected chi connectivity index (χ2v) is 4.97. The van der Waals surface area contributed by atoms with Crippen molar-refractivity contribution >= 4 is 33.3 Å². The number of nitrogens with one attached hydrogen (secondary N) is 1. The molecule has 0 heterocycles. The third-order valence-electron chi connectivity index (χ3n) is 2.54. The Hall–Kier alpha value is -1.63. The Morgan fingerprint density at radius 3 is 2.74 bits per heavy atom. The lowest BCUT2D eigenvalue weighted by Gasteiger charge is -2.07. The minimum atomic E-state index is -0.795. The molecule has 0 aliphatic heterocycles. The predicted octanol–water partition coefficient (Wildman–Crippen LogP) is 3.41. The Labute approximate surface area is 119 Å². The van der Waals surface area contributed by atoms with Gasteiger partial charge in [0.15, 0.2) is 0 Å². The molecule has 0 fully saturated rings. The highest BCUT2D eigenvalue weighted by Gasteiger charge is 2.13. The average molecular weight is 331 g/mol. The molecule has 0 aromatic heterocycles. The van der Waals surface area contributed by atoms with Crippen LogP contribution in [0.1, 0.15) is 25.7 Å². The van der Waals surface area contributed by atoms with Gasteiger partial charge in [-0.3, -0.25) is 14.9 Å². The number of carbonyl (C=O) groups is 1. The minimum Gasteiger partial charge on any atom is -0.481 e. The van der Waals surface area contributed by atoms with Crippen LogP contribution in [0.2, 0.25) is 0 Å². The first-order chi connectivity index (χ1) is 9.00. The highest BCUT2D eigenvalue weighted by molar-refractivity contribution is 9.10. The first-order valence-electron chi connectivity index (χ1n) is 5.90. The summed E-state index contributed by atoms with van der Waals surface area (Å²) in [6.07, 6.45) is 2.35. The van der Waals surface area contributed by atoms with Gasteiger partial charge in [0.1, 0.15) is 5.69 Å². The number of anilines is 1. The zero-order chi connectivity index (χ0) is 14.3. The number of hydrogen-bond acceptors (Lipinski definition) is 4. The number of carboxylic acids is 1. The van der Waals surface area contributed by atoms with E-state index in [9.17, 15) is 14.9 Å². The zero-order valence-electron chi connectivity index (χ0n) is 10.3. The van der Waals surface area contributed by atoms with Crippen molar-refractivity contribution in [2.75, 3.05) is 11.9 Å². The van der Waals surface area contributed by atoms with Crippen LogP contribution in [-0.2, 0) is 4.79 Å². The van der Waals surface area contributed by atoms with Gasteiger partial charge in [0.05, 0.1) is 4.92 Å². The van der Waals surface area contributed by atoms with Gasteiger partial charge in [0.2, 0.25) is 0 Å². The molecule has 0 spiro atoms. The Kier molecular flexibility index (Phi) is 6.27. The fourth-order valence-electron chi connectivity index (χ4n) is 1.61. The summed E-state index contributed by atoms with van der Waals surface area (Å²) < 4.78 is 0.659. The smallest absolute Gasteiger partial charge is 0.303 e. The molecule has 2 N–H and O–H groups in total. The quantitative estimate of drug-likeness (QED) is 0.433. The number of unbranched alkanes of at least 4 members (excludes halogenated alkanes) is 2. The topological polar surface area (TPSA) is 92.5 Å². The minimum absolute atomic E-state index is 0.0277. The predicted molar refractivity (Wildman–Crippen MR) is 75.4 cm³/mol. The molecule has 0 saturated carbocycles. The van der Waals surface area contributed by atoms with Crippen molar-refractivity contribution < 1.29 is 14.8 Å². The largest absolute Gasteiger partial charge is 0.481 e. The Morgan fingerprint density at radius 2 is 2.11 bits per heavy atom. The van der Waals surface area contributed by atoms with Gasteiger partial charge >= 0.3 is 5.97 Å². The molecule has 0 bridgehead atoms. The Bertz CT molecular complexity index is 465. The van der Waals surface area contributed by atoms with E-state index >= 15 is 0 Å². The molecule has 0 aliphatic rings. The van der Waals surface area contributed by atoms with Crippen LogP contribution in [0.3, 0.4) is 0 Å². The maximum absolute atomic E-state index is 10.9. The van der Waals surface area contributed by atoms with Gasteiger partial charge in [0, 0.05) is 23.5 Å². The molecule has 7 heteroatoms.